The maximum Gasteiger partial charge on any atom is 0.174 e. The molecule has 1 unspecified atom stereocenters. The van der Waals surface area contributed by atoms with Crippen molar-refractivity contribution < 1.29 is 9.84 Å². The molecule has 0 spiro atoms. The van der Waals surface area contributed by atoms with Gasteiger partial charge in [0.15, 0.2) is 6.61 Å². The highest BCUT2D eigenvalue weighted by molar-refractivity contribution is 5.27. The van der Waals surface area contributed by atoms with E-state index in [0.29, 0.717) is 5.75 Å². The first-order valence-corrected chi connectivity index (χ1v) is 4.99. The molecule has 0 amide bonds. The van der Waals surface area contributed by atoms with Crippen LogP contribution in [0.4, 0.5) is 0 Å². The van der Waals surface area contributed by atoms with Gasteiger partial charge in [0.25, 0.3) is 0 Å². The predicted octanol–water partition coefficient (Wildman–Crippen LogP) is 1.90. The van der Waals surface area contributed by atoms with Crippen molar-refractivity contribution >= 4 is 0 Å². The van der Waals surface area contributed by atoms with Gasteiger partial charge in [-0.2, -0.15) is 5.26 Å². The number of benzene rings is 1. The quantitative estimate of drug-likeness (QED) is 0.798. The van der Waals surface area contributed by atoms with Gasteiger partial charge in [0.1, 0.15) is 11.8 Å². The van der Waals surface area contributed by atoms with E-state index in [1.165, 1.54) is 5.56 Å². The molecule has 0 radical (unpaired) electrons. The zero-order valence-electron chi connectivity index (χ0n) is 8.81. The number of aryl methyl sites for hydroxylation is 1. The van der Waals surface area contributed by atoms with Crippen LogP contribution in [0.2, 0.25) is 0 Å². The Morgan fingerprint density at radius 3 is 2.60 bits per heavy atom. The fourth-order valence-electron chi connectivity index (χ4n) is 1.24. The molecule has 0 bridgehead atoms. The van der Waals surface area contributed by atoms with E-state index in [4.69, 9.17) is 15.1 Å². The van der Waals surface area contributed by atoms with Gasteiger partial charge in [-0.05, 0) is 37.5 Å². The molecule has 15 heavy (non-hydrogen) atoms. The summed E-state index contributed by atoms with van der Waals surface area (Å²) in [5, 5.41) is 17.4. The summed E-state index contributed by atoms with van der Waals surface area (Å²) in [6, 6.07) is 9.51. The van der Waals surface area contributed by atoms with Crippen LogP contribution >= 0.6 is 0 Å². The second-order valence-electron chi connectivity index (χ2n) is 3.48. The molecule has 0 aliphatic heterocycles. The van der Waals surface area contributed by atoms with Gasteiger partial charge in [-0.25, -0.2) is 0 Å². The number of ether oxygens (including phenoxy) is 1. The van der Waals surface area contributed by atoms with Crippen LogP contribution in [0, 0.1) is 11.3 Å². The molecule has 0 fully saturated rings. The van der Waals surface area contributed by atoms with Crippen molar-refractivity contribution in [1.29, 1.82) is 5.26 Å². The number of hydrogen-bond acceptors (Lipinski definition) is 3. The molecule has 1 aromatic rings. The van der Waals surface area contributed by atoms with Crippen molar-refractivity contribution in [2.24, 2.45) is 0 Å². The maximum atomic E-state index is 9.12. The first-order valence-electron chi connectivity index (χ1n) is 4.99. The third kappa shape index (κ3) is 4.48. The van der Waals surface area contributed by atoms with Gasteiger partial charge in [0.2, 0.25) is 0 Å². The summed E-state index contributed by atoms with van der Waals surface area (Å²) < 4.78 is 5.13. The maximum absolute atomic E-state index is 9.12. The smallest absolute Gasteiger partial charge is 0.174 e. The van der Waals surface area contributed by atoms with Crippen LogP contribution in [0.15, 0.2) is 24.3 Å². The highest BCUT2D eigenvalue weighted by atomic mass is 16.5. The van der Waals surface area contributed by atoms with Crippen molar-refractivity contribution in [1.82, 2.24) is 0 Å². The SMILES string of the molecule is CC(O)CCc1ccc(OCC#N)cc1. The summed E-state index contributed by atoms with van der Waals surface area (Å²) in [6.45, 7) is 1.86. The van der Waals surface area contributed by atoms with Crippen LogP contribution in [0.5, 0.6) is 5.75 Å². The molecule has 0 heterocycles. The molecular weight excluding hydrogens is 190 g/mol. The lowest BCUT2D eigenvalue weighted by Gasteiger charge is -2.05. The third-order valence-corrected chi connectivity index (χ3v) is 2.08. The highest BCUT2D eigenvalue weighted by Crippen LogP contribution is 2.13. The predicted molar refractivity (Wildman–Crippen MR) is 57.6 cm³/mol. The summed E-state index contributed by atoms with van der Waals surface area (Å²) in [7, 11) is 0. The molecule has 1 N–H and O–H groups in total. The van der Waals surface area contributed by atoms with Crippen molar-refractivity contribution in [3.05, 3.63) is 29.8 Å². The lowest BCUT2D eigenvalue weighted by Crippen LogP contribution is -2.01. The van der Waals surface area contributed by atoms with E-state index in [2.05, 4.69) is 0 Å². The number of aliphatic hydroxyl groups is 1. The molecule has 1 rings (SSSR count). The summed E-state index contributed by atoms with van der Waals surface area (Å²) in [6.07, 6.45) is 1.36. The molecule has 3 nitrogen and oxygen atoms in total. The van der Waals surface area contributed by atoms with Crippen molar-refractivity contribution in [3.63, 3.8) is 0 Å². The summed E-state index contributed by atoms with van der Waals surface area (Å²) in [5.74, 6) is 0.706. The number of rotatable bonds is 5. The van der Waals surface area contributed by atoms with Gasteiger partial charge in [0, 0.05) is 0 Å². The Balaban J connectivity index is 2.46. The van der Waals surface area contributed by atoms with Gasteiger partial charge in [-0.3, -0.25) is 0 Å². The molecule has 0 aromatic heterocycles. The Labute approximate surface area is 89.9 Å². The molecule has 0 aliphatic carbocycles. The number of aliphatic hydroxyl groups excluding tert-OH is 1. The minimum absolute atomic E-state index is 0.0764. The molecule has 3 heteroatoms. The second kappa shape index (κ2) is 6.05. The van der Waals surface area contributed by atoms with E-state index < -0.39 is 0 Å². The van der Waals surface area contributed by atoms with Gasteiger partial charge >= 0.3 is 0 Å². The molecule has 0 saturated carbocycles. The summed E-state index contributed by atoms with van der Waals surface area (Å²) >= 11 is 0. The monoisotopic (exact) mass is 205 g/mol. The van der Waals surface area contributed by atoms with Crippen LogP contribution in [0.25, 0.3) is 0 Å². The van der Waals surface area contributed by atoms with E-state index in [1.807, 2.05) is 30.3 Å². The molecule has 0 aliphatic rings. The summed E-state index contributed by atoms with van der Waals surface area (Å²) in [4.78, 5) is 0. The topological polar surface area (TPSA) is 53.2 Å². The number of hydrogen-bond donors (Lipinski definition) is 1. The Kier molecular flexibility index (Phi) is 4.65. The van der Waals surface area contributed by atoms with E-state index in [-0.39, 0.29) is 12.7 Å². The first kappa shape index (κ1) is 11.5. The normalized spacial score (nSPS) is 11.8. The van der Waals surface area contributed by atoms with Crippen LogP contribution in [-0.2, 0) is 6.42 Å². The van der Waals surface area contributed by atoms with Gasteiger partial charge < -0.3 is 9.84 Å². The van der Waals surface area contributed by atoms with Crippen molar-refractivity contribution in [3.8, 4) is 11.8 Å². The Hall–Kier alpha value is -1.53. The molecule has 80 valence electrons. The Bertz CT molecular complexity index is 324. The van der Waals surface area contributed by atoms with Gasteiger partial charge in [-0.1, -0.05) is 12.1 Å². The zero-order valence-corrected chi connectivity index (χ0v) is 8.81. The Morgan fingerprint density at radius 2 is 2.07 bits per heavy atom. The summed E-state index contributed by atoms with van der Waals surface area (Å²) in [5.41, 5.74) is 1.17. The molecule has 0 saturated heterocycles. The fraction of sp³-hybridized carbons (Fsp3) is 0.417. The largest absolute Gasteiger partial charge is 0.479 e. The minimum Gasteiger partial charge on any atom is -0.479 e. The van der Waals surface area contributed by atoms with E-state index in [9.17, 15) is 0 Å². The molecule has 1 atom stereocenters. The standard InChI is InChI=1S/C12H15NO2/c1-10(14)2-3-11-4-6-12(7-5-11)15-9-8-13/h4-7,10,14H,2-3,9H2,1H3. The first-order chi connectivity index (χ1) is 7.22. The molecule has 1 aromatic carbocycles. The van der Waals surface area contributed by atoms with Gasteiger partial charge in [0.05, 0.1) is 6.10 Å². The highest BCUT2D eigenvalue weighted by Gasteiger charge is 1.98. The van der Waals surface area contributed by atoms with Crippen molar-refractivity contribution in [2.45, 2.75) is 25.9 Å². The lowest BCUT2D eigenvalue weighted by atomic mass is 10.1. The number of nitrogens with zero attached hydrogens (tertiary/aromatic N) is 1. The average molecular weight is 205 g/mol. The van der Waals surface area contributed by atoms with Gasteiger partial charge in [-0.15, -0.1) is 0 Å². The number of nitriles is 1. The average Bonchev–Trinajstić information content (AvgIpc) is 2.25. The van der Waals surface area contributed by atoms with E-state index >= 15 is 0 Å². The third-order valence-electron chi connectivity index (χ3n) is 2.08. The van der Waals surface area contributed by atoms with Crippen LogP contribution < -0.4 is 4.74 Å². The van der Waals surface area contributed by atoms with E-state index in [0.717, 1.165) is 12.8 Å². The van der Waals surface area contributed by atoms with Crippen LogP contribution in [0.3, 0.4) is 0 Å². The fourth-order valence-corrected chi connectivity index (χ4v) is 1.24. The lowest BCUT2D eigenvalue weighted by molar-refractivity contribution is 0.185. The Morgan fingerprint density at radius 1 is 1.40 bits per heavy atom. The second-order valence-corrected chi connectivity index (χ2v) is 3.48. The van der Waals surface area contributed by atoms with Crippen LogP contribution in [-0.4, -0.2) is 17.8 Å². The molecular formula is C12H15NO2. The minimum atomic E-state index is -0.264. The zero-order chi connectivity index (χ0) is 11.1. The van der Waals surface area contributed by atoms with E-state index in [1.54, 1.807) is 6.92 Å². The van der Waals surface area contributed by atoms with Crippen LogP contribution in [0.1, 0.15) is 18.9 Å². The van der Waals surface area contributed by atoms with Crippen molar-refractivity contribution in [2.75, 3.05) is 6.61 Å².